The summed E-state index contributed by atoms with van der Waals surface area (Å²) in [7, 11) is 0. The molecule has 3 heteroatoms. The molecule has 0 radical (unpaired) electrons. The zero-order chi connectivity index (χ0) is 10.6. The van der Waals surface area contributed by atoms with Crippen LogP contribution < -0.4 is 11.1 Å². The van der Waals surface area contributed by atoms with Crippen molar-refractivity contribution in [1.29, 1.82) is 0 Å². The van der Waals surface area contributed by atoms with Gasteiger partial charge in [0.2, 0.25) is 0 Å². The molecule has 0 bridgehead atoms. The molecule has 0 aliphatic rings. The van der Waals surface area contributed by atoms with Gasteiger partial charge in [-0.25, -0.2) is 0 Å². The van der Waals surface area contributed by atoms with Gasteiger partial charge in [0.25, 0.3) is 0 Å². The first kappa shape index (κ1) is 11.5. The van der Waals surface area contributed by atoms with E-state index in [1.54, 1.807) is 0 Å². The van der Waals surface area contributed by atoms with Crippen LogP contribution in [0.5, 0.6) is 0 Å². The number of hydrogen-bond acceptors (Lipinski definition) is 2. The predicted molar refractivity (Wildman–Crippen MR) is 61.5 cm³/mol. The Morgan fingerprint density at radius 3 is 2.36 bits per heavy atom. The van der Waals surface area contributed by atoms with E-state index in [1.165, 1.54) is 5.56 Å². The average Bonchev–Trinajstić information content (AvgIpc) is 2.18. The van der Waals surface area contributed by atoms with E-state index in [4.69, 9.17) is 17.3 Å². The van der Waals surface area contributed by atoms with Crippen molar-refractivity contribution in [2.24, 2.45) is 5.73 Å². The van der Waals surface area contributed by atoms with Crippen molar-refractivity contribution in [3.8, 4) is 0 Å². The summed E-state index contributed by atoms with van der Waals surface area (Å²) in [6, 6.07) is 8.52. The minimum absolute atomic E-state index is 0.311. The van der Waals surface area contributed by atoms with Gasteiger partial charge in [0, 0.05) is 23.7 Å². The lowest BCUT2D eigenvalue weighted by Crippen LogP contribution is -2.34. The first-order valence-electron chi connectivity index (χ1n) is 4.85. The maximum absolute atomic E-state index is 5.81. The summed E-state index contributed by atoms with van der Waals surface area (Å²) in [6.07, 6.45) is 0. The quantitative estimate of drug-likeness (QED) is 0.804. The van der Waals surface area contributed by atoms with E-state index in [0.717, 1.165) is 5.02 Å². The SMILES string of the molecule is C[C@H](N[C@@H](C)CN)c1ccc(Cl)cc1. The van der Waals surface area contributed by atoms with E-state index < -0.39 is 0 Å². The van der Waals surface area contributed by atoms with Gasteiger partial charge in [-0.1, -0.05) is 23.7 Å². The van der Waals surface area contributed by atoms with Crippen LogP contribution in [0.25, 0.3) is 0 Å². The van der Waals surface area contributed by atoms with Gasteiger partial charge in [-0.15, -0.1) is 0 Å². The molecule has 1 aromatic rings. The Morgan fingerprint density at radius 1 is 1.29 bits per heavy atom. The molecule has 0 aliphatic carbocycles. The molecule has 1 rings (SSSR count). The standard InChI is InChI=1S/C11H17ClN2/c1-8(7-13)14-9(2)10-3-5-11(12)6-4-10/h3-6,8-9,14H,7,13H2,1-2H3/t8-,9-/m0/s1. The number of benzene rings is 1. The Labute approximate surface area is 90.4 Å². The van der Waals surface area contributed by atoms with Gasteiger partial charge in [-0.05, 0) is 31.5 Å². The molecule has 14 heavy (non-hydrogen) atoms. The topological polar surface area (TPSA) is 38.0 Å². The third-order valence-electron chi connectivity index (χ3n) is 2.26. The molecule has 2 nitrogen and oxygen atoms in total. The number of nitrogens with one attached hydrogen (secondary N) is 1. The summed E-state index contributed by atoms with van der Waals surface area (Å²) >= 11 is 5.81. The highest BCUT2D eigenvalue weighted by Gasteiger charge is 2.07. The molecule has 0 saturated carbocycles. The van der Waals surface area contributed by atoms with E-state index in [-0.39, 0.29) is 0 Å². The van der Waals surface area contributed by atoms with Crippen molar-refractivity contribution >= 4 is 11.6 Å². The minimum atomic E-state index is 0.311. The second-order valence-electron chi connectivity index (χ2n) is 3.58. The Balaban J connectivity index is 2.60. The second-order valence-corrected chi connectivity index (χ2v) is 4.01. The molecule has 0 aromatic heterocycles. The zero-order valence-electron chi connectivity index (χ0n) is 8.63. The molecule has 2 atom stereocenters. The number of nitrogens with two attached hydrogens (primary N) is 1. The fraction of sp³-hybridized carbons (Fsp3) is 0.455. The van der Waals surface area contributed by atoms with Gasteiger partial charge in [0.15, 0.2) is 0 Å². The summed E-state index contributed by atoms with van der Waals surface area (Å²) in [5, 5.41) is 4.17. The largest absolute Gasteiger partial charge is 0.329 e. The van der Waals surface area contributed by atoms with Crippen molar-refractivity contribution in [3.05, 3.63) is 34.9 Å². The lowest BCUT2D eigenvalue weighted by molar-refractivity contribution is 0.485. The highest BCUT2D eigenvalue weighted by atomic mass is 35.5. The van der Waals surface area contributed by atoms with Crippen LogP contribution in [-0.2, 0) is 0 Å². The normalized spacial score (nSPS) is 15.1. The van der Waals surface area contributed by atoms with E-state index in [1.807, 2.05) is 24.3 Å². The van der Waals surface area contributed by atoms with Crippen molar-refractivity contribution in [3.63, 3.8) is 0 Å². The highest BCUT2D eigenvalue weighted by Crippen LogP contribution is 2.16. The summed E-state index contributed by atoms with van der Waals surface area (Å²) in [5.74, 6) is 0. The molecule has 3 N–H and O–H groups in total. The molecule has 0 unspecified atom stereocenters. The third kappa shape index (κ3) is 3.29. The first-order valence-corrected chi connectivity index (χ1v) is 5.23. The number of rotatable bonds is 4. The lowest BCUT2D eigenvalue weighted by atomic mass is 10.1. The lowest BCUT2D eigenvalue weighted by Gasteiger charge is -2.18. The second kappa shape index (κ2) is 5.35. The van der Waals surface area contributed by atoms with Crippen LogP contribution in [0.2, 0.25) is 5.02 Å². The van der Waals surface area contributed by atoms with Crippen molar-refractivity contribution in [1.82, 2.24) is 5.32 Å². The van der Waals surface area contributed by atoms with Gasteiger partial charge in [0.1, 0.15) is 0 Å². The molecule has 0 fully saturated rings. The summed E-state index contributed by atoms with van der Waals surface area (Å²) < 4.78 is 0. The van der Waals surface area contributed by atoms with E-state index >= 15 is 0 Å². The Hall–Kier alpha value is -0.570. The minimum Gasteiger partial charge on any atom is -0.329 e. The van der Waals surface area contributed by atoms with E-state index in [9.17, 15) is 0 Å². The predicted octanol–water partition coefficient (Wildman–Crippen LogP) is 2.34. The molecule has 0 amide bonds. The average molecular weight is 213 g/mol. The molecule has 0 aliphatic heterocycles. The summed E-state index contributed by atoms with van der Waals surface area (Å²) in [6.45, 7) is 4.85. The van der Waals surface area contributed by atoms with Crippen molar-refractivity contribution in [2.45, 2.75) is 25.9 Å². The summed E-state index contributed by atoms with van der Waals surface area (Å²) in [5.41, 5.74) is 6.77. The van der Waals surface area contributed by atoms with Crippen LogP contribution in [0.15, 0.2) is 24.3 Å². The zero-order valence-corrected chi connectivity index (χ0v) is 9.38. The Morgan fingerprint density at radius 2 is 1.86 bits per heavy atom. The Kier molecular flexibility index (Phi) is 4.39. The fourth-order valence-electron chi connectivity index (χ4n) is 1.34. The fourth-order valence-corrected chi connectivity index (χ4v) is 1.47. The smallest absolute Gasteiger partial charge is 0.0406 e. The van der Waals surface area contributed by atoms with Crippen molar-refractivity contribution in [2.75, 3.05) is 6.54 Å². The first-order chi connectivity index (χ1) is 6.63. The van der Waals surface area contributed by atoms with Crippen LogP contribution in [-0.4, -0.2) is 12.6 Å². The number of halogens is 1. The van der Waals surface area contributed by atoms with Crippen LogP contribution in [0.4, 0.5) is 0 Å². The van der Waals surface area contributed by atoms with Gasteiger partial charge in [-0.3, -0.25) is 0 Å². The molecule has 78 valence electrons. The molecule has 0 saturated heterocycles. The number of hydrogen-bond donors (Lipinski definition) is 2. The highest BCUT2D eigenvalue weighted by molar-refractivity contribution is 6.30. The third-order valence-corrected chi connectivity index (χ3v) is 2.51. The van der Waals surface area contributed by atoms with Crippen LogP contribution in [0.1, 0.15) is 25.5 Å². The molecule has 1 aromatic carbocycles. The maximum Gasteiger partial charge on any atom is 0.0406 e. The maximum atomic E-state index is 5.81. The van der Waals surface area contributed by atoms with E-state index in [2.05, 4.69) is 19.2 Å². The summed E-state index contributed by atoms with van der Waals surface area (Å²) in [4.78, 5) is 0. The van der Waals surface area contributed by atoms with Crippen LogP contribution in [0, 0.1) is 0 Å². The van der Waals surface area contributed by atoms with Crippen LogP contribution in [0.3, 0.4) is 0 Å². The van der Waals surface area contributed by atoms with Gasteiger partial charge in [-0.2, -0.15) is 0 Å². The van der Waals surface area contributed by atoms with Gasteiger partial charge in [0.05, 0.1) is 0 Å². The monoisotopic (exact) mass is 212 g/mol. The van der Waals surface area contributed by atoms with E-state index in [0.29, 0.717) is 18.6 Å². The van der Waals surface area contributed by atoms with Crippen molar-refractivity contribution < 1.29 is 0 Å². The van der Waals surface area contributed by atoms with Crippen LogP contribution >= 0.6 is 11.6 Å². The molecular weight excluding hydrogens is 196 g/mol. The molecule has 0 spiro atoms. The Bertz CT molecular complexity index is 271. The molecule has 0 heterocycles. The van der Waals surface area contributed by atoms with Gasteiger partial charge >= 0.3 is 0 Å². The molecular formula is C11H17ClN2. The van der Waals surface area contributed by atoms with Gasteiger partial charge < -0.3 is 11.1 Å².